The van der Waals surface area contributed by atoms with E-state index in [1.165, 1.54) is 0 Å². The Hall–Kier alpha value is -4.89. The zero-order valence-electron chi connectivity index (χ0n) is 34.6. The minimum Gasteiger partial charge on any atom is -0.461 e. The van der Waals surface area contributed by atoms with Gasteiger partial charge in [0, 0.05) is 64.8 Å². The van der Waals surface area contributed by atoms with Crippen LogP contribution in [0.15, 0.2) is 36.5 Å². The van der Waals surface area contributed by atoms with E-state index in [1.54, 1.807) is 23.2 Å². The monoisotopic (exact) mass is 816 g/mol. The van der Waals surface area contributed by atoms with Gasteiger partial charge in [0.2, 0.25) is 0 Å². The van der Waals surface area contributed by atoms with Gasteiger partial charge in [0.15, 0.2) is 5.82 Å². The molecule has 2 aromatic heterocycles. The van der Waals surface area contributed by atoms with Crippen molar-refractivity contribution in [2.45, 2.75) is 108 Å². The number of alkyl halides is 1. The molecule has 318 valence electrons. The van der Waals surface area contributed by atoms with Crippen LogP contribution in [-0.4, -0.2) is 118 Å². The lowest BCUT2D eigenvalue weighted by atomic mass is 9.91. The first-order valence-corrected chi connectivity index (χ1v) is 21.0. The smallest absolute Gasteiger partial charge is 0.415 e. The number of amides is 2. The van der Waals surface area contributed by atoms with Crippen LogP contribution < -0.4 is 25.0 Å². The number of carbonyl (C=O) groups excluding carboxylic acids is 2. The van der Waals surface area contributed by atoms with Crippen LogP contribution in [-0.2, 0) is 11.2 Å². The summed E-state index contributed by atoms with van der Waals surface area (Å²) >= 11 is 0. The number of aryl methyl sites for hydroxylation is 1. The third-order valence-corrected chi connectivity index (χ3v) is 12.7. The largest absolute Gasteiger partial charge is 0.461 e. The highest BCUT2D eigenvalue weighted by Crippen LogP contribution is 2.42. The van der Waals surface area contributed by atoms with Crippen molar-refractivity contribution in [1.82, 2.24) is 35.4 Å². The molecule has 2 amide bonds. The Morgan fingerprint density at radius 2 is 1.83 bits per heavy atom. The number of piperidine rings is 1. The van der Waals surface area contributed by atoms with Crippen LogP contribution in [0.1, 0.15) is 81.6 Å². The summed E-state index contributed by atoms with van der Waals surface area (Å²) in [6.45, 7) is 13.5. The number of rotatable bonds is 4. The Bertz CT molecular complexity index is 2320. The van der Waals surface area contributed by atoms with Crippen molar-refractivity contribution in [3.05, 3.63) is 47.9 Å². The molecule has 6 aliphatic rings. The fourth-order valence-corrected chi connectivity index (χ4v) is 10.6. The van der Waals surface area contributed by atoms with Crippen LogP contribution in [0.4, 0.5) is 24.2 Å². The zero-order chi connectivity index (χ0) is 41.3. The lowest BCUT2D eigenvalue weighted by Crippen LogP contribution is -2.67. The minimum absolute atomic E-state index is 0. The van der Waals surface area contributed by atoms with Crippen molar-refractivity contribution >= 4 is 39.7 Å². The number of hydrogen-bond donors (Lipinski definition) is 2. The molecule has 0 radical (unpaired) electrons. The van der Waals surface area contributed by atoms with Gasteiger partial charge in [0.1, 0.15) is 35.6 Å². The number of nitrogens with one attached hydrogen (secondary N) is 2. The molecule has 2 aromatic carbocycles. The van der Waals surface area contributed by atoms with E-state index >= 15 is 4.39 Å². The quantitative estimate of drug-likeness (QED) is 0.213. The van der Waals surface area contributed by atoms with Crippen molar-refractivity contribution in [2.24, 2.45) is 0 Å². The van der Waals surface area contributed by atoms with Gasteiger partial charge in [-0.05, 0) is 108 Å². The maximum absolute atomic E-state index is 17.7. The molecule has 6 aliphatic heterocycles. The van der Waals surface area contributed by atoms with E-state index in [0.717, 1.165) is 42.1 Å². The van der Waals surface area contributed by atoms with E-state index < -0.39 is 35.3 Å². The van der Waals surface area contributed by atoms with Gasteiger partial charge in [-0.2, -0.15) is 9.97 Å². The molecule has 15 heteroatoms. The number of pyridine rings is 1. The number of benzene rings is 2. The summed E-state index contributed by atoms with van der Waals surface area (Å²) in [5.74, 6) is 0.00497. The summed E-state index contributed by atoms with van der Waals surface area (Å²) in [7, 11) is 0. The second-order valence-corrected chi connectivity index (χ2v) is 18.9. The number of halogens is 2. The Labute approximate surface area is 346 Å². The number of ether oxygens (including phenoxy) is 3. The SMILES string of the molecule is CC1(C)CN(C(=O)Oc2cc3c4c(cccc4c2)CCCOC(=O)N[C@]2(C)CCCN(C2)c2nc(OC[C@@]45CCCN4C[C@H](F)C5)nc4c(F)c-3ncc24)CC(C)(C)N1.[HH].[HH]. The molecular formula is C44H58F2N8O5. The summed E-state index contributed by atoms with van der Waals surface area (Å²) in [6.07, 6.45) is 4.22. The predicted octanol–water partition coefficient (Wildman–Crippen LogP) is 7.42. The zero-order valence-corrected chi connectivity index (χ0v) is 34.6. The first-order chi connectivity index (χ1) is 28.1. The molecule has 4 saturated heterocycles. The van der Waals surface area contributed by atoms with E-state index in [9.17, 15) is 14.0 Å². The summed E-state index contributed by atoms with van der Waals surface area (Å²) in [6, 6.07) is 9.23. The summed E-state index contributed by atoms with van der Waals surface area (Å²) < 4.78 is 50.6. The van der Waals surface area contributed by atoms with Crippen molar-refractivity contribution in [3.8, 4) is 23.0 Å². The average molecular weight is 817 g/mol. The van der Waals surface area contributed by atoms with Gasteiger partial charge >= 0.3 is 18.2 Å². The van der Waals surface area contributed by atoms with Crippen LogP contribution in [0.2, 0.25) is 0 Å². The van der Waals surface area contributed by atoms with Crippen molar-refractivity contribution < 1.29 is 35.4 Å². The Balaban J connectivity index is 0.00000281. The molecule has 2 N–H and O–H groups in total. The third-order valence-electron chi connectivity index (χ3n) is 12.7. The molecule has 4 aromatic rings. The van der Waals surface area contributed by atoms with Gasteiger partial charge in [0.25, 0.3) is 0 Å². The molecule has 0 unspecified atom stereocenters. The number of nitrogens with zero attached hydrogens (tertiary/aromatic N) is 6. The number of fused-ring (bicyclic) bond motifs is 7. The van der Waals surface area contributed by atoms with Crippen molar-refractivity contribution in [3.63, 3.8) is 0 Å². The second kappa shape index (κ2) is 14.7. The molecule has 0 spiro atoms. The second-order valence-electron chi connectivity index (χ2n) is 18.9. The van der Waals surface area contributed by atoms with Crippen LogP contribution in [0.3, 0.4) is 0 Å². The molecule has 6 bridgehead atoms. The van der Waals surface area contributed by atoms with E-state index in [4.69, 9.17) is 29.2 Å². The van der Waals surface area contributed by atoms with Gasteiger partial charge in [-0.1, -0.05) is 18.2 Å². The molecule has 4 fully saturated rings. The number of alkyl carbamates (subject to hydrolysis) is 1. The Morgan fingerprint density at radius 1 is 1.03 bits per heavy atom. The average Bonchev–Trinajstić information content (AvgIpc) is 3.69. The Morgan fingerprint density at radius 3 is 2.64 bits per heavy atom. The van der Waals surface area contributed by atoms with E-state index in [-0.39, 0.29) is 50.1 Å². The van der Waals surface area contributed by atoms with Crippen LogP contribution >= 0.6 is 0 Å². The van der Waals surface area contributed by atoms with E-state index in [1.807, 2.05) is 57.7 Å². The molecule has 10 rings (SSSR count). The highest BCUT2D eigenvalue weighted by molar-refractivity contribution is 6.02. The molecule has 3 atom stereocenters. The molecule has 0 saturated carbocycles. The summed E-state index contributed by atoms with van der Waals surface area (Å²) in [4.78, 5) is 47.3. The molecule has 8 heterocycles. The van der Waals surface area contributed by atoms with E-state index in [0.29, 0.717) is 75.2 Å². The predicted molar refractivity (Wildman–Crippen MR) is 225 cm³/mol. The molecular weight excluding hydrogens is 759 g/mol. The van der Waals surface area contributed by atoms with Crippen LogP contribution in [0.25, 0.3) is 32.9 Å². The molecule has 0 aliphatic carbocycles. The molecule has 13 nitrogen and oxygen atoms in total. The number of carbonyl (C=O) groups is 2. The van der Waals surface area contributed by atoms with Crippen molar-refractivity contribution in [2.75, 3.05) is 57.4 Å². The number of hydrogen-bond acceptors (Lipinski definition) is 11. The van der Waals surface area contributed by atoms with E-state index in [2.05, 4.69) is 15.5 Å². The summed E-state index contributed by atoms with van der Waals surface area (Å²) in [5, 5.41) is 8.52. The van der Waals surface area contributed by atoms with Crippen LogP contribution in [0, 0.1) is 5.82 Å². The lowest BCUT2D eigenvalue weighted by Gasteiger charge is -2.47. The third kappa shape index (κ3) is 7.71. The number of piperazine rings is 1. The topological polar surface area (TPSA) is 134 Å². The highest BCUT2D eigenvalue weighted by Gasteiger charge is 2.49. The first kappa shape index (κ1) is 39.6. The van der Waals surface area contributed by atoms with Gasteiger partial charge in [-0.3, -0.25) is 9.88 Å². The first-order valence-electron chi connectivity index (χ1n) is 21.0. The highest BCUT2D eigenvalue weighted by atomic mass is 19.1. The fourth-order valence-electron chi connectivity index (χ4n) is 10.6. The normalized spacial score (nSPS) is 26.8. The summed E-state index contributed by atoms with van der Waals surface area (Å²) in [5.41, 5.74) is -0.445. The minimum atomic E-state index is -0.940. The van der Waals surface area contributed by atoms with Crippen molar-refractivity contribution in [1.29, 1.82) is 0 Å². The number of aromatic nitrogens is 3. The fraction of sp³-hybridized carbons (Fsp3) is 0.568. The van der Waals surface area contributed by atoms with Gasteiger partial charge in [0.05, 0.1) is 23.1 Å². The Kier molecular flexibility index (Phi) is 9.85. The maximum atomic E-state index is 17.7. The number of anilines is 1. The van der Waals surface area contributed by atoms with Gasteiger partial charge in [-0.15, -0.1) is 0 Å². The lowest BCUT2D eigenvalue weighted by molar-refractivity contribution is 0.0742. The van der Waals surface area contributed by atoms with Gasteiger partial charge in [-0.25, -0.2) is 18.4 Å². The standard InChI is InChI=1S/C44H54F2N8O5.2H2/c1-41(2)23-53(24-42(3,4)51-41)40(56)59-30-18-28-11-6-10-27-12-7-17-57-39(55)50-43(5)13-8-15-52(25-43)37-32-21-47-35(31(19-30)33(27)28)34(46)36(32)48-38(49-37)58-26-44-14-9-16-54(44)22-29(45)20-44;;/h6,10-11,18-19,21,29,51H,7-9,12-17,20,22-26H2,1-5H3,(H,50,55);2*1H/t29-,43-,44+;;/m1../s1. The maximum Gasteiger partial charge on any atom is 0.415 e. The van der Waals surface area contributed by atoms with Crippen LogP contribution in [0.5, 0.6) is 11.8 Å². The molecule has 59 heavy (non-hydrogen) atoms. The van der Waals surface area contributed by atoms with Gasteiger partial charge < -0.3 is 34.6 Å².